The summed E-state index contributed by atoms with van der Waals surface area (Å²) >= 11 is 0. The summed E-state index contributed by atoms with van der Waals surface area (Å²) in [5, 5.41) is 3.04. The third-order valence-corrected chi connectivity index (χ3v) is 3.69. The Morgan fingerprint density at radius 2 is 2.43 bits per heavy atom. The van der Waals surface area contributed by atoms with Crippen LogP contribution in [0.3, 0.4) is 0 Å². The summed E-state index contributed by atoms with van der Waals surface area (Å²) in [5.74, 6) is 0.323. The van der Waals surface area contributed by atoms with Crippen molar-refractivity contribution in [3.63, 3.8) is 0 Å². The van der Waals surface area contributed by atoms with Gasteiger partial charge < -0.3 is 5.32 Å². The monoisotopic (exact) mass is 219 g/mol. The molecule has 0 bridgehead atoms. The maximum Gasteiger partial charge on any atom is 0.279 e. The van der Waals surface area contributed by atoms with Crippen LogP contribution in [0.25, 0.3) is 0 Å². The van der Waals surface area contributed by atoms with E-state index in [1.165, 1.54) is 4.31 Å². The molecule has 1 aliphatic heterocycles. The standard InChI is InChI=1S/C8H17N3O2S/c1-3-4-11-7-8(5-9-2)6-10-14(11,12)13/h3,8-10H,1,4-7H2,2H3. The van der Waals surface area contributed by atoms with Crippen molar-refractivity contribution in [3.05, 3.63) is 12.7 Å². The van der Waals surface area contributed by atoms with Gasteiger partial charge in [-0.25, -0.2) is 4.72 Å². The molecule has 6 heteroatoms. The summed E-state index contributed by atoms with van der Waals surface area (Å²) < 4.78 is 26.9. The van der Waals surface area contributed by atoms with Gasteiger partial charge in [-0.15, -0.1) is 6.58 Å². The molecule has 0 amide bonds. The van der Waals surface area contributed by atoms with Crippen molar-refractivity contribution in [1.29, 1.82) is 0 Å². The van der Waals surface area contributed by atoms with E-state index in [4.69, 9.17) is 0 Å². The molecule has 14 heavy (non-hydrogen) atoms. The van der Waals surface area contributed by atoms with E-state index in [0.29, 0.717) is 25.6 Å². The first-order valence-corrected chi connectivity index (χ1v) is 6.04. The van der Waals surface area contributed by atoms with Crippen LogP contribution >= 0.6 is 0 Å². The molecular formula is C8H17N3O2S. The van der Waals surface area contributed by atoms with Gasteiger partial charge in [-0.2, -0.15) is 12.7 Å². The van der Waals surface area contributed by atoms with Gasteiger partial charge in [-0.05, 0) is 13.0 Å². The Morgan fingerprint density at radius 1 is 1.71 bits per heavy atom. The second-order valence-electron chi connectivity index (χ2n) is 3.38. The number of nitrogens with one attached hydrogen (secondary N) is 2. The molecule has 82 valence electrons. The first-order chi connectivity index (χ1) is 6.60. The second kappa shape index (κ2) is 4.88. The van der Waals surface area contributed by atoms with Crippen molar-refractivity contribution in [2.75, 3.05) is 33.2 Å². The van der Waals surface area contributed by atoms with Gasteiger partial charge in [0.15, 0.2) is 0 Å². The molecule has 0 aromatic heterocycles. The molecule has 1 heterocycles. The van der Waals surface area contributed by atoms with Gasteiger partial charge >= 0.3 is 0 Å². The largest absolute Gasteiger partial charge is 0.319 e. The Labute approximate surface area is 85.4 Å². The fourth-order valence-corrected chi connectivity index (χ4v) is 2.84. The molecule has 2 N–H and O–H groups in total. The minimum atomic E-state index is -3.25. The molecule has 1 aliphatic rings. The van der Waals surface area contributed by atoms with Gasteiger partial charge in [0.2, 0.25) is 0 Å². The lowest BCUT2D eigenvalue weighted by atomic mass is 10.1. The highest BCUT2D eigenvalue weighted by molar-refractivity contribution is 7.87. The summed E-state index contributed by atoms with van der Waals surface area (Å²) in [6.45, 7) is 5.80. The maximum atomic E-state index is 11.5. The second-order valence-corrected chi connectivity index (χ2v) is 5.14. The Bertz CT molecular complexity index is 289. The predicted octanol–water partition coefficient (Wildman–Crippen LogP) is -0.842. The average Bonchev–Trinajstić information content (AvgIpc) is 2.12. The van der Waals surface area contributed by atoms with Crippen LogP contribution in [0.4, 0.5) is 0 Å². The van der Waals surface area contributed by atoms with Gasteiger partial charge in [0.05, 0.1) is 0 Å². The van der Waals surface area contributed by atoms with Crippen LogP contribution < -0.4 is 10.0 Å². The number of hydrogen-bond donors (Lipinski definition) is 2. The van der Waals surface area contributed by atoms with Crippen molar-refractivity contribution in [2.24, 2.45) is 5.92 Å². The molecule has 1 rings (SSSR count). The molecule has 1 fully saturated rings. The summed E-state index contributed by atoms with van der Waals surface area (Å²) in [4.78, 5) is 0. The summed E-state index contributed by atoms with van der Waals surface area (Å²) in [6, 6.07) is 0. The minimum absolute atomic E-state index is 0.323. The van der Waals surface area contributed by atoms with Crippen LogP contribution in [0.15, 0.2) is 12.7 Å². The maximum absolute atomic E-state index is 11.5. The predicted molar refractivity (Wildman–Crippen MR) is 56.1 cm³/mol. The third-order valence-electron chi connectivity index (χ3n) is 2.18. The average molecular weight is 219 g/mol. The van der Waals surface area contributed by atoms with E-state index in [1.807, 2.05) is 7.05 Å². The Kier molecular flexibility index (Phi) is 4.06. The Hall–Kier alpha value is -0.430. The van der Waals surface area contributed by atoms with Crippen LogP contribution in [0.2, 0.25) is 0 Å². The number of nitrogens with zero attached hydrogens (tertiary/aromatic N) is 1. The zero-order chi connectivity index (χ0) is 10.6. The molecule has 1 unspecified atom stereocenters. The summed E-state index contributed by atoms with van der Waals surface area (Å²) in [6.07, 6.45) is 1.60. The number of rotatable bonds is 4. The van der Waals surface area contributed by atoms with Crippen molar-refractivity contribution in [2.45, 2.75) is 0 Å². The fraction of sp³-hybridized carbons (Fsp3) is 0.750. The first-order valence-electron chi connectivity index (χ1n) is 4.60. The molecule has 0 spiro atoms. The quantitative estimate of drug-likeness (QED) is 0.606. The van der Waals surface area contributed by atoms with Crippen LogP contribution in [0, 0.1) is 5.92 Å². The van der Waals surface area contributed by atoms with Crippen LogP contribution in [0.1, 0.15) is 0 Å². The van der Waals surface area contributed by atoms with E-state index in [1.54, 1.807) is 6.08 Å². The SMILES string of the molecule is C=CCN1CC(CNC)CNS1(=O)=O. The smallest absolute Gasteiger partial charge is 0.279 e. The van der Waals surface area contributed by atoms with Crippen molar-refractivity contribution >= 4 is 10.2 Å². The molecule has 0 aromatic rings. The highest BCUT2D eigenvalue weighted by Gasteiger charge is 2.29. The highest BCUT2D eigenvalue weighted by Crippen LogP contribution is 2.10. The van der Waals surface area contributed by atoms with E-state index in [-0.39, 0.29) is 0 Å². The van der Waals surface area contributed by atoms with Crippen LogP contribution in [-0.4, -0.2) is 45.9 Å². The highest BCUT2D eigenvalue weighted by atomic mass is 32.2. The molecular weight excluding hydrogens is 202 g/mol. The number of hydrogen-bond acceptors (Lipinski definition) is 3. The van der Waals surface area contributed by atoms with Crippen molar-refractivity contribution in [1.82, 2.24) is 14.3 Å². The molecule has 0 aliphatic carbocycles. The van der Waals surface area contributed by atoms with E-state index in [0.717, 1.165) is 6.54 Å². The fourth-order valence-electron chi connectivity index (χ4n) is 1.51. The lowest BCUT2D eigenvalue weighted by molar-refractivity contribution is 0.320. The summed E-state index contributed by atoms with van der Waals surface area (Å²) in [7, 11) is -1.39. The molecule has 1 atom stereocenters. The van der Waals surface area contributed by atoms with E-state index in [9.17, 15) is 8.42 Å². The van der Waals surface area contributed by atoms with E-state index in [2.05, 4.69) is 16.6 Å². The lowest BCUT2D eigenvalue weighted by Crippen LogP contribution is -2.53. The molecule has 1 saturated heterocycles. The topological polar surface area (TPSA) is 61.4 Å². The van der Waals surface area contributed by atoms with Gasteiger partial charge in [-0.3, -0.25) is 0 Å². The zero-order valence-electron chi connectivity index (χ0n) is 8.36. The van der Waals surface area contributed by atoms with Gasteiger partial charge in [0, 0.05) is 26.2 Å². The minimum Gasteiger partial charge on any atom is -0.319 e. The lowest BCUT2D eigenvalue weighted by Gasteiger charge is -2.31. The Balaban J connectivity index is 2.62. The van der Waals surface area contributed by atoms with Gasteiger partial charge in [-0.1, -0.05) is 6.08 Å². The Morgan fingerprint density at radius 3 is 3.00 bits per heavy atom. The van der Waals surface area contributed by atoms with Gasteiger partial charge in [0.1, 0.15) is 0 Å². The van der Waals surface area contributed by atoms with Crippen molar-refractivity contribution < 1.29 is 8.42 Å². The normalized spacial score (nSPS) is 27.4. The molecule has 0 saturated carbocycles. The van der Waals surface area contributed by atoms with Crippen LogP contribution in [0.5, 0.6) is 0 Å². The molecule has 5 nitrogen and oxygen atoms in total. The molecule has 0 radical (unpaired) electrons. The zero-order valence-corrected chi connectivity index (χ0v) is 9.18. The summed E-state index contributed by atoms with van der Waals surface area (Å²) in [5.41, 5.74) is 0. The van der Waals surface area contributed by atoms with E-state index < -0.39 is 10.2 Å². The molecule has 0 aromatic carbocycles. The van der Waals surface area contributed by atoms with Crippen LogP contribution in [-0.2, 0) is 10.2 Å². The van der Waals surface area contributed by atoms with Gasteiger partial charge in [0.25, 0.3) is 10.2 Å². The first kappa shape index (κ1) is 11.6. The van der Waals surface area contributed by atoms with Crippen molar-refractivity contribution in [3.8, 4) is 0 Å². The third kappa shape index (κ3) is 2.78. The van der Waals surface area contributed by atoms with E-state index >= 15 is 0 Å².